The molecule has 1 N–H and O–H groups in total. The van der Waals surface area contributed by atoms with Gasteiger partial charge in [0.2, 0.25) is 0 Å². The average molecular weight is 265 g/mol. The van der Waals surface area contributed by atoms with Gasteiger partial charge < -0.3 is 10.2 Å². The Bertz CT molecular complexity index is 444. The predicted molar refractivity (Wildman–Crippen MR) is 78.6 cm³/mol. The summed E-state index contributed by atoms with van der Waals surface area (Å²) in [7, 11) is 4.05. The van der Waals surface area contributed by atoms with Crippen LogP contribution in [-0.2, 0) is 0 Å². The fraction of sp³-hybridized carbons (Fsp3) is 0.571. The molecule has 1 aromatic rings. The summed E-state index contributed by atoms with van der Waals surface area (Å²) in [5.74, 6) is 0.445. The monoisotopic (exact) mass is 265 g/mol. The minimum absolute atomic E-state index is 0.125. The van der Waals surface area contributed by atoms with E-state index in [1.165, 1.54) is 6.07 Å². The van der Waals surface area contributed by atoms with Crippen LogP contribution in [0.25, 0.3) is 0 Å². The van der Waals surface area contributed by atoms with E-state index in [4.69, 9.17) is 0 Å². The molecule has 0 aromatic heterocycles. The van der Waals surface area contributed by atoms with Gasteiger partial charge in [-0.1, -0.05) is 19.9 Å². The number of likely N-dealkylation sites (N-methyl/N-ethyl adjacent to an activating group) is 1. The molecule has 1 unspecified atom stereocenters. The molecule has 0 saturated heterocycles. The van der Waals surface area contributed by atoms with Crippen molar-refractivity contribution in [3.63, 3.8) is 0 Å². The number of nitro groups is 1. The van der Waals surface area contributed by atoms with Crippen molar-refractivity contribution in [1.82, 2.24) is 4.90 Å². The quantitative estimate of drug-likeness (QED) is 0.634. The van der Waals surface area contributed by atoms with Crippen molar-refractivity contribution in [2.24, 2.45) is 5.92 Å². The lowest BCUT2D eigenvalue weighted by Crippen LogP contribution is -2.36. The normalized spacial score (nSPS) is 12.8. The fourth-order valence-corrected chi connectivity index (χ4v) is 1.90. The third kappa shape index (κ3) is 4.52. The average Bonchev–Trinajstić information content (AvgIpc) is 2.29. The zero-order valence-electron chi connectivity index (χ0n) is 12.3. The van der Waals surface area contributed by atoms with Crippen molar-refractivity contribution in [3.8, 4) is 0 Å². The summed E-state index contributed by atoms with van der Waals surface area (Å²) in [6.07, 6.45) is 0. The Morgan fingerprint density at radius 3 is 2.47 bits per heavy atom. The van der Waals surface area contributed by atoms with Crippen LogP contribution in [0.4, 0.5) is 11.4 Å². The summed E-state index contributed by atoms with van der Waals surface area (Å²) in [4.78, 5) is 12.6. The summed E-state index contributed by atoms with van der Waals surface area (Å²) >= 11 is 0. The van der Waals surface area contributed by atoms with Crippen molar-refractivity contribution in [2.45, 2.75) is 26.8 Å². The first-order valence-electron chi connectivity index (χ1n) is 6.47. The highest BCUT2D eigenvalue weighted by atomic mass is 16.6. The van der Waals surface area contributed by atoms with Crippen LogP contribution in [0.3, 0.4) is 0 Å². The Labute approximate surface area is 114 Å². The summed E-state index contributed by atoms with van der Waals surface area (Å²) in [6, 6.07) is 5.20. The summed E-state index contributed by atoms with van der Waals surface area (Å²) in [6.45, 7) is 7.14. The molecule has 5 heteroatoms. The van der Waals surface area contributed by atoms with E-state index >= 15 is 0 Å². The number of hydrogen-bond acceptors (Lipinski definition) is 4. The molecule has 106 valence electrons. The summed E-state index contributed by atoms with van der Waals surface area (Å²) < 4.78 is 0. The Kier molecular flexibility index (Phi) is 5.30. The third-order valence-electron chi connectivity index (χ3n) is 3.14. The molecule has 0 aliphatic carbocycles. The number of aryl methyl sites for hydroxylation is 1. The van der Waals surface area contributed by atoms with Gasteiger partial charge in [-0.25, -0.2) is 0 Å². The van der Waals surface area contributed by atoms with E-state index in [9.17, 15) is 10.1 Å². The van der Waals surface area contributed by atoms with Gasteiger partial charge in [0.05, 0.1) is 4.92 Å². The zero-order chi connectivity index (χ0) is 14.6. The molecule has 0 aliphatic rings. The first kappa shape index (κ1) is 15.4. The molecular weight excluding hydrogens is 242 g/mol. The Hall–Kier alpha value is -1.62. The molecule has 0 heterocycles. The third-order valence-corrected chi connectivity index (χ3v) is 3.14. The van der Waals surface area contributed by atoms with Crippen LogP contribution in [0.15, 0.2) is 18.2 Å². The van der Waals surface area contributed by atoms with E-state index < -0.39 is 0 Å². The standard InChI is InChI=1S/C14H23N3O2/c1-10(2)14(9-16(4)5)15-13-8-12(17(18)19)7-6-11(13)3/h6-8,10,14-15H,9H2,1-5H3. The molecule has 1 aromatic carbocycles. The van der Waals surface area contributed by atoms with Crippen molar-refractivity contribution in [3.05, 3.63) is 33.9 Å². The van der Waals surface area contributed by atoms with Crippen molar-refractivity contribution in [1.29, 1.82) is 0 Å². The van der Waals surface area contributed by atoms with Crippen LogP contribution in [0.2, 0.25) is 0 Å². The second-order valence-corrected chi connectivity index (χ2v) is 5.51. The highest BCUT2D eigenvalue weighted by Crippen LogP contribution is 2.23. The van der Waals surface area contributed by atoms with Crippen molar-refractivity contribution in [2.75, 3.05) is 26.0 Å². The molecule has 19 heavy (non-hydrogen) atoms. The molecule has 0 saturated carbocycles. The van der Waals surface area contributed by atoms with Crippen LogP contribution < -0.4 is 5.32 Å². The lowest BCUT2D eigenvalue weighted by molar-refractivity contribution is -0.384. The minimum Gasteiger partial charge on any atom is -0.380 e. The molecule has 0 bridgehead atoms. The van der Waals surface area contributed by atoms with Crippen molar-refractivity contribution < 1.29 is 4.92 Å². The van der Waals surface area contributed by atoms with Crippen LogP contribution in [0.1, 0.15) is 19.4 Å². The van der Waals surface area contributed by atoms with E-state index in [-0.39, 0.29) is 16.7 Å². The number of hydrogen-bond donors (Lipinski definition) is 1. The lowest BCUT2D eigenvalue weighted by atomic mass is 10.0. The summed E-state index contributed by atoms with van der Waals surface area (Å²) in [5.41, 5.74) is 1.99. The van der Waals surface area contributed by atoms with E-state index in [1.54, 1.807) is 12.1 Å². The Morgan fingerprint density at radius 1 is 1.37 bits per heavy atom. The number of non-ortho nitro benzene ring substituents is 1. The van der Waals surface area contributed by atoms with Gasteiger partial charge in [0.1, 0.15) is 0 Å². The van der Waals surface area contributed by atoms with Gasteiger partial charge >= 0.3 is 0 Å². The van der Waals surface area contributed by atoms with Gasteiger partial charge in [0.25, 0.3) is 5.69 Å². The number of nitrogens with zero attached hydrogens (tertiary/aromatic N) is 2. The summed E-state index contributed by atoms with van der Waals surface area (Å²) in [5, 5.41) is 14.3. The van der Waals surface area contributed by atoms with Gasteiger partial charge in [0.15, 0.2) is 0 Å². The Balaban J connectivity index is 2.95. The van der Waals surface area contributed by atoms with Crippen LogP contribution in [-0.4, -0.2) is 36.5 Å². The number of benzene rings is 1. The highest BCUT2D eigenvalue weighted by Gasteiger charge is 2.16. The minimum atomic E-state index is -0.360. The molecule has 0 spiro atoms. The number of rotatable bonds is 6. The van der Waals surface area contributed by atoms with Gasteiger partial charge in [-0.15, -0.1) is 0 Å². The molecular formula is C14H23N3O2. The van der Waals surface area contributed by atoms with E-state index in [0.29, 0.717) is 5.92 Å². The molecule has 5 nitrogen and oxygen atoms in total. The van der Waals surface area contributed by atoms with E-state index in [2.05, 4.69) is 24.1 Å². The Morgan fingerprint density at radius 2 is 2.00 bits per heavy atom. The molecule has 0 aliphatic heterocycles. The number of anilines is 1. The topological polar surface area (TPSA) is 58.4 Å². The maximum atomic E-state index is 10.8. The van der Waals surface area contributed by atoms with Gasteiger partial charge in [-0.2, -0.15) is 0 Å². The molecule has 1 rings (SSSR count). The van der Waals surface area contributed by atoms with Gasteiger partial charge in [0, 0.05) is 30.4 Å². The number of nitro benzene ring substituents is 1. The smallest absolute Gasteiger partial charge is 0.271 e. The van der Waals surface area contributed by atoms with Gasteiger partial charge in [-0.3, -0.25) is 10.1 Å². The lowest BCUT2D eigenvalue weighted by Gasteiger charge is -2.27. The SMILES string of the molecule is Cc1ccc([N+](=O)[O-])cc1NC(CN(C)C)C(C)C. The van der Waals surface area contributed by atoms with E-state index in [0.717, 1.165) is 17.8 Å². The molecule has 1 atom stereocenters. The second kappa shape index (κ2) is 6.52. The highest BCUT2D eigenvalue weighted by molar-refractivity contribution is 5.57. The predicted octanol–water partition coefficient (Wildman–Crippen LogP) is 2.90. The first-order valence-corrected chi connectivity index (χ1v) is 6.47. The second-order valence-electron chi connectivity index (χ2n) is 5.51. The van der Waals surface area contributed by atoms with Crippen LogP contribution in [0.5, 0.6) is 0 Å². The molecule has 0 radical (unpaired) electrons. The zero-order valence-corrected chi connectivity index (χ0v) is 12.3. The van der Waals surface area contributed by atoms with Gasteiger partial charge in [-0.05, 0) is 32.5 Å². The first-order chi connectivity index (χ1) is 8.81. The largest absolute Gasteiger partial charge is 0.380 e. The maximum absolute atomic E-state index is 10.8. The maximum Gasteiger partial charge on any atom is 0.271 e. The van der Waals surface area contributed by atoms with Crippen LogP contribution in [0, 0.1) is 23.0 Å². The fourth-order valence-electron chi connectivity index (χ4n) is 1.90. The molecule has 0 fully saturated rings. The van der Waals surface area contributed by atoms with E-state index in [1.807, 2.05) is 21.0 Å². The van der Waals surface area contributed by atoms with Crippen LogP contribution >= 0.6 is 0 Å². The van der Waals surface area contributed by atoms with Crippen molar-refractivity contribution >= 4 is 11.4 Å². The number of nitrogens with one attached hydrogen (secondary N) is 1. The molecule has 0 amide bonds.